The second kappa shape index (κ2) is 2.10. The number of aryl methyl sites for hydroxylation is 1. The summed E-state index contributed by atoms with van der Waals surface area (Å²) in [5, 5.41) is 8.85. The van der Waals surface area contributed by atoms with Crippen molar-refractivity contribution in [2.24, 2.45) is 7.05 Å². The second-order valence-electron chi connectivity index (χ2n) is 2.39. The maximum atomic E-state index is 8.85. The fraction of sp³-hybridized carbons (Fsp3) is 0.286. The third-order valence-electron chi connectivity index (χ3n) is 1.78. The first kappa shape index (κ1) is 6.42. The largest absolute Gasteiger partial charge is 0.442 e. The number of fused-ring (bicyclic) bond motifs is 1. The molecular formula is C7H8N2O2. The van der Waals surface area contributed by atoms with Crippen LogP contribution in [-0.4, -0.2) is 14.7 Å². The lowest BCUT2D eigenvalue weighted by Gasteiger charge is -1.95. The number of hydrogen-bond acceptors (Lipinski definition) is 3. The number of aliphatic hydroxyl groups excluding tert-OH is 1. The predicted octanol–water partition coefficient (Wildman–Crippen LogP) is 0.659. The first-order valence-electron chi connectivity index (χ1n) is 3.31. The van der Waals surface area contributed by atoms with Gasteiger partial charge in [-0.05, 0) is 0 Å². The molecule has 11 heavy (non-hydrogen) atoms. The van der Waals surface area contributed by atoms with E-state index in [0.29, 0.717) is 0 Å². The third kappa shape index (κ3) is 0.760. The smallest absolute Gasteiger partial charge is 0.183 e. The lowest BCUT2D eigenvalue weighted by Crippen LogP contribution is -1.95. The van der Waals surface area contributed by atoms with E-state index in [1.54, 1.807) is 10.6 Å². The summed E-state index contributed by atoms with van der Waals surface area (Å²) in [7, 11) is 1.84. The Balaban J connectivity index is 2.76. The van der Waals surface area contributed by atoms with E-state index < -0.39 is 0 Å². The van der Waals surface area contributed by atoms with Gasteiger partial charge in [0.15, 0.2) is 17.6 Å². The lowest BCUT2D eigenvalue weighted by atomic mass is 10.4. The van der Waals surface area contributed by atoms with Crippen molar-refractivity contribution in [2.45, 2.75) is 6.61 Å². The molecular weight excluding hydrogens is 144 g/mol. The Kier molecular flexibility index (Phi) is 1.22. The Bertz CT molecular complexity index is 375. The molecule has 0 amide bonds. The van der Waals surface area contributed by atoms with E-state index in [4.69, 9.17) is 9.52 Å². The van der Waals surface area contributed by atoms with E-state index in [1.165, 1.54) is 6.39 Å². The zero-order valence-electron chi connectivity index (χ0n) is 6.11. The van der Waals surface area contributed by atoms with Crippen molar-refractivity contribution in [3.63, 3.8) is 0 Å². The van der Waals surface area contributed by atoms with Crippen LogP contribution < -0.4 is 0 Å². The molecule has 2 heterocycles. The SMILES string of the molecule is Cn1c(CO)cc2ocnc21. The van der Waals surface area contributed by atoms with Crippen LogP contribution in [0, 0.1) is 0 Å². The van der Waals surface area contributed by atoms with Gasteiger partial charge in [-0.15, -0.1) is 0 Å². The van der Waals surface area contributed by atoms with Crippen molar-refractivity contribution >= 4 is 11.2 Å². The number of nitrogens with zero attached hydrogens (tertiary/aromatic N) is 2. The normalized spacial score (nSPS) is 11.1. The molecule has 2 aromatic rings. The van der Waals surface area contributed by atoms with E-state index in [-0.39, 0.29) is 6.61 Å². The number of hydrogen-bond donors (Lipinski definition) is 1. The Morgan fingerprint density at radius 3 is 3.18 bits per heavy atom. The molecule has 0 aromatic carbocycles. The minimum atomic E-state index is 0.0162. The van der Waals surface area contributed by atoms with Gasteiger partial charge in [-0.2, -0.15) is 4.98 Å². The molecule has 0 fully saturated rings. The van der Waals surface area contributed by atoms with Crippen LogP contribution in [0.3, 0.4) is 0 Å². The average molecular weight is 152 g/mol. The van der Waals surface area contributed by atoms with Gasteiger partial charge in [-0.1, -0.05) is 0 Å². The summed E-state index contributed by atoms with van der Waals surface area (Å²) in [5.41, 5.74) is 2.30. The molecule has 58 valence electrons. The van der Waals surface area contributed by atoms with Crippen molar-refractivity contribution in [3.05, 3.63) is 18.2 Å². The second-order valence-corrected chi connectivity index (χ2v) is 2.39. The zero-order chi connectivity index (χ0) is 7.84. The van der Waals surface area contributed by atoms with Crippen LogP contribution in [0.5, 0.6) is 0 Å². The van der Waals surface area contributed by atoms with Gasteiger partial charge in [0.25, 0.3) is 0 Å². The van der Waals surface area contributed by atoms with Crippen molar-refractivity contribution in [1.82, 2.24) is 9.55 Å². The van der Waals surface area contributed by atoms with Gasteiger partial charge in [0.2, 0.25) is 0 Å². The highest BCUT2D eigenvalue weighted by Crippen LogP contribution is 2.16. The summed E-state index contributed by atoms with van der Waals surface area (Å²) in [6.45, 7) is 0.0162. The van der Waals surface area contributed by atoms with Crippen LogP contribution in [0.2, 0.25) is 0 Å². The van der Waals surface area contributed by atoms with Gasteiger partial charge in [0, 0.05) is 18.8 Å². The predicted molar refractivity (Wildman–Crippen MR) is 38.9 cm³/mol. The topological polar surface area (TPSA) is 51.2 Å². The fourth-order valence-electron chi connectivity index (χ4n) is 1.14. The molecule has 1 N–H and O–H groups in total. The van der Waals surface area contributed by atoms with Crippen LogP contribution in [0.25, 0.3) is 11.2 Å². The number of aromatic nitrogens is 2. The molecule has 0 saturated heterocycles. The molecule has 0 aliphatic rings. The van der Waals surface area contributed by atoms with E-state index >= 15 is 0 Å². The van der Waals surface area contributed by atoms with E-state index in [9.17, 15) is 0 Å². The van der Waals surface area contributed by atoms with Gasteiger partial charge in [-0.3, -0.25) is 0 Å². The average Bonchev–Trinajstić information content (AvgIpc) is 2.53. The summed E-state index contributed by atoms with van der Waals surface area (Å²) in [6, 6.07) is 1.78. The zero-order valence-corrected chi connectivity index (χ0v) is 6.11. The Morgan fingerprint density at radius 2 is 2.55 bits per heavy atom. The Hall–Kier alpha value is -1.29. The monoisotopic (exact) mass is 152 g/mol. The molecule has 0 atom stereocenters. The first-order chi connectivity index (χ1) is 5.33. The molecule has 0 spiro atoms. The summed E-state index contributed by atoms with van der Waals surface area (Å²) >= 11 is 0. The summed E-state index contributed by atoms with van der Waals surface area (Å²) in [5.74, 6) is 0. The van der Waals surface area contributed by atoms with Crippen LogP contribution in [0.15, 0.2) is 16.9 Å². The van der Waals surface area contributed by atoms with Gasteiger partial charge in [0.1, 0.15) is 0 Å². The minimum absolute atomic E-state index is 0.0162. The highest BCUT2D eigenvalue weighted by atomic mass is 16.3. The van der Waals surface area contributed by atoms with Crippen LogP contribution >= 0.6 is 0 Å². The van der Waals surface area contributed by atoms with E-state index in [0.717, 1.165) is 16.9 Å². The van der Waals surface area contributed by atoms with Crippen molar-refractivity contribution in [1.29, 1.82) is 0 Å². The van der Waals surface area contributed by atoms with E-state index in [2.05, 4.69) is 4.98 Å². The van der Waals surface area contributed by atoms with Crippen LogP contribution in [0.4, 0.5) is 0 Å². The maximum absolute atomic E-state index is 8.85. The highest BCUT2D eigenvalue weighted by molar-refractivity contribution is 5.70. The van der Waals surface area contributed by atoms with E-state index in [1.807, 2.05) is 7.05 Å². The summed E-state index contributed by atoms with van der Waals surface area (Å²) in [6.07, 6.45) is 1.39. The molecule has 0 bridgehead atoms. The summed E-state index contributed by atoms with van der Waals surface area (Å²) in [4.78, 5) is 3.97. The number of aliphatic hydroxyl groups is 1. The molecule has 0 radical (unpaired) electrons. The highest BCUT2D eigenvalue weighted by Gasteiger charge is 2.07. The molecule has 0 unspecified atom stereocenters. The summed E-state index contributed by atoms with van der Waals surface area (Å²) < 4.78 is 6.84. The van der Waals surface area contributed by atoms with Gasteiger partial charge >= 0.3 is 0 Å². The Morgan fingerprint density at radius 1 is 1.73 bits per heavy atom. The molecule has 0 saturated carbocycles. The molecule has 4 heteroatoms. The van der Waals surface area contributed by atoms with Crippen molar-refractivity contribution in [3.8, 4) is 0 Å². The van der Waals surface area contributed by atoms with Crippen molar-refractivity contribution < 1.29 is 9.52 Å². The van der Waals surface area contributed by atoms with Gasteiger partial charge in [-0.25, -0.2) is 0 Å². The quantitative estimate of drug-likeness (QED) is 0.653. The van der Waals surface area contributed by atoms with Gasteiger partial charge < -0.3 is 14.1 Å². The van der Waals surface area contributed by atoms with Gasteiger partial charge in [0.05, 0.1) is 6.61 Å². The molecule has 2 rings (SSSR count). The first-order valence-corrected chi connectivity index (χ1v) is 3.31. The number of oxazole rings is 1. The molecule has 2 aromatic heterocycles. The van der Waals surface area contributed by atoms with Crippen molar-refractivity contribution in [2.75, 3.05) is 0 Å². The molecule has 4 nitrogen and oxygen atoms in total. The minimum Gasteiger partial charge on any atom is -0.442 e. The fourth-order valence-corrected chi connectivity index (χ4v) is 1.14. The molecule has 0 aliphatic carbocycles. The number of rotatable bonds is 1. The Labute approximate surface area is 63.1 Å². The standard InChI is InChI=1S/C7H8N2O2/c1-9-5(3-10)2-6-7(9)8-4-11-6/h2,4,10H,3H2,1H3. The third-order valence-corrected chi connectivity index (χ3v) is 1.78. The van der Waals surface area contributed by atoms with Crippen LogP contribution in [-0.2, 0) is 13.7 Å². The maximum Gasteiger partial charge on any atom is 0.183 e. The van der Waals surface area contributed by atoms with Crippen LogP contribution in [0.1, 0.15) is 5.69 Å². The molecule has 0 aliphatic heterocycles. The lowest BCUT2D eigenvalue weighted by molar-refractivity contribution is 0.273.